The van der Waals surface area contributed by atoms with Crippen LogP contribution in [0, 0.1) is 0 Å². The molecular formula is C23H20N6OS2. The number of hydrogen-bond donors (Lipinski definition) is 0. The predicted molar refractivity (Wildman–Crippen MR) is 125 cm³/mol. The molecular weight excluding hydrogens is 440 g/mol. The summed E-state index contributed by atoms with van der Waals surface area (Å²) in [4.78, 5) is 9.75. The summed E-state index contributed by atoms with van der Waals surface area (Å²) in [5, 5.41) is 15.9. The van der Waals surface area contributed by atoms with Crippen molar-refractivity contribution in [1.29, 1.82) is 0 Å². The van der Waals surface area contributed by atoms with E-state index in [4.69, 9.17) is 4.52 Å². The monoisotopic (exact) mass is 460 g/mol. The van der Waals surface area contributed by atoms with Crippen molar-refractivity contribution in [1.82, 2.24) is 29.9 Å². The third-order valence-electron chi connectivity index (χ3n) is 4.80. The standard InChI is InChI=1S/C23H20N6OS2/c1-2-7-17(8-3-1)16-29-22(18-9-4-12-24-15-18)26-27-23(29)32-14-6-11-20-25-21(28-30-20)19-10-5-13-31-19/h1-5,7-10,12-13,15H,6,11,14,16H2. The van der Waals surface area contributed by atoms with Gasteiger partial charge in [0.15, 0.2) is 11.0 Å². The molecule has 1 aromatic carbocycles. The molecule has 4 heterocycles. The zero-order chi connectivity index (χ0) is 21.6. The second-order valence-electron chi connectivity index (χ2n) is 7.06. The van der Waals surface area contributed by atoms with E-state index in [1.807, 2.05) is 54.0 Å². The van der Waals surface area contributed by atoms with Gasteiger partial charge in [0.2, 0.25) is 11.7 Å². The average Bonchev–Trinajstić information content (AvgIpc) is 3.60. The molecule has 0 atom stereocenters. The summed E-state index contributed by atoms with van der Waals surface area (Å²) in [5.41, 5.74) is 2.15. The SMILES string of the molecule is c1ccc(Cn2c(SCCCc3nc(-c4cccs4)no3)nnc2-c2cccnc2)cc1. The maximum absolute atomic E-state index is 5.40. The van der Waals surface area contributed by atoms with Crippen molar-refractivity contribution in [2.75, 3.05) is 5.75 Å². The molecule has 160 valence electrons. The van der Waals surface area contributed by atoms with Gasteiger partial charge < -0.3 is 4.52 Å². The maximum Gasteiger partial charge on any atom is 0.227 e. The van der Waals surface area contributed by atoms with Crippen molar-refractivity contribution in [3.8, 4) is 22.1 Å². The summed E-state index contributed by atoms with van der Waals surface area (Å²) in [6.07, 6.45) is 5.21. The smallest absolute Gasteiger partial charge is 0.227 e. The molecule has 0 saturated heterocycles. The fraction of sp³-hybridized carbons (Fsp3) is 0.174. The summed E-state index contributed by atoms with van der Waals surface area (Å²) < 4.78 is 7.55. The number of nitrogens with zero attached hydrogens (tertiary/aromatic N) is 6. The Kier molecular flexibility index (Phi) is 6.36. The quantitative estimate of drug-likeness (QED) is 0.220. The lowest BCUT2D eigenvalue weighted by Crippen LogP contribution is -2.04. The van der Waals surface area contributed by atoms with E-state index in [-0.39, 0.29) is 0 Å². The number of thiophene rings is 1. The first kappa shape index (κ1) is 20.6. The molecule has 0 saturated carbocycles. The lowest BCUT2D eigenvalue weighted by molar-refractivity contribution is 0.378. The predicted octanol–water partition coefficient (Wildman–Crippen LogP) is 5.22. The van der Waals surface area contributed by atoms with Crippen LogP contribution in [0.4, 0.5) is 0 Å². The maximum atomic E-state index is 5.40. The minimum atomic E-state index is 0.659. The van der Waals surface area contributed by atoms with E-state index in [1.54, 1.807) is 29.3 Å². The molecule has 0 unspecified atom stereocenters. The van der Waals surface area contributed by atoms with Crippen molar-refractivity contribution in [2.45, 2.75) is 24.5 Å². The Labute approximate surface area is 193 Å². The zero-order valence-electron chi connectivity index (χ0n) is 17.2. The highest BCUT2D eigenvalue weighted by Gasteiger charge is 2.15. The van der Waals surface area contributed by atoms with E-state index in [9.17, 15) is 0 Å². The van der Waals surface area contributed by atoms with Gasteiger partial charge in [0.25, 0.3) is 0 Å². The Balaban J connectivity index is 1.26. The van der Waals surface area contributed by atoms with Crippen LogP contribution in [0.25, 0.3) is 22.1 Å². The number of benzene rings is 1. The van der Waals surface area contributed by atoms with Crippen LogP contribution < -0.4 is 0 Å². The van der Waals surface area contributed by atoms with Crippen LogP contribution in [0.15, 0.2) is 82.1 Å². The fourth-order valence-corrected chi connectivity index (χ4v) is 4.79. The van der Waals surface area contributed by atoms with Crippen molar-refractivity contribution < 1.29 is 4.52 Å². The summed E-state index contributed by atoms with van der Waals surface area (Å²) >= 11 is 3.29. The first-order chi connectivity index (χ1) is 15.9. The molecule has 0 radical (unpaired) electrons. The van der Waals surface area contributed by atoms with Gasteiger partial charge in [0.1, 0.15) is 0 Å². The molecule has 0 N–H and O–H groups in total. The highest BCUT2D eigenvalue weighted by Crippen LogP contribution is 2.26. The van der Waals surface area contributed by atoms with Crippen LogP contribution in [-0.2, 0) is 13.0 Å². The minimum absolute atomic E-state index is 0.659. The average molecular weight is 461 g/mol. The van der Waals surface area contributed by atoms with Gasteiger partial charge in [0.05, 0.1) is 11.4 Å². The second-order valence-corrected chi connectivity index (χ2v) is 9.07. The van der Waals surface area contributed by atoms with Gasteiger partial charge in [-0.25, -0.2) is 0 Å². The van der Waals surface area contributed by atoms with Crippen molar-refractivity contribution in [3.05, 3.63) is 83.8 Å². The van der Waals surface area contributed by atoms with Gasteiger partial charge in [0, 0.05) is 30.1 Å². The van der Waals surface area contributed by atoms with Crippen LogP contribution in [0.1, 0.15) is 17.9 Å². The van der Waals surface area contributed by atoms with Gasteiger partial charge in [-0.2, -0.15) is 4.98 Å². The number of aryl methyl sites for hydroxylation is 1. The molecule has 0 amide bonds. The van der Waals surface area contributed by atoms with Crippen molar-refractivity contribution in [2.24, 2.45) is 0 Å². The van der Waals surface area contributed by atoms with E-state index in [0.717, 1.165) is 40.0 Å². The van der Waals surface area contributed by atoms with Crippen LogP contribution in [0.5, 0.6) is 0 Å². The molecule has 0 fully saturated rings. The van der Waals surface area contributed by atoms with E-state index in [1.165, 1.54) is 5.56 Å². The highest BCUT2D eigenvalue weighted by atomic mass is 32.2. The number of hydrogen-bond acceptors (Lipinski definition) is 8. The molecule has 0 aliphatic rings. The first-order valence-electron chi connectivity index (χ1n) is 10.2. The molecule has 0 spiro atoms. The van der Waals surface area contributed by atoms with Crippen LogP contribution in [0.3, 0.4) is 0 Å². The molecule has 4 aromatic heterocycles. The largest absolute Gasteiger partial charge is 0.339 e. The van der Waals surface area contributed by atoms with Crippen molar-refractivity contribution >= 4 is 23.1 Å². The Morgan fingerprint density at radius 2 is 1.94 bits per heavy atom. The van der Waals surface area contributed by atoms with Crippen molar-refractivity contribution in [3.63, 3.8) is 0 Å². The van der Waals surface area contributed by atoms with E-state index >= 15 is 0 Å². The number of rotatable bonds is 9. The molecule has 5 aromatic rings. The lowest BCUT2D eigenvalue weighted by atomic mass is 10.2. The van der Waals surface area contributed by atoms with E-state index in [0.29, 0.717) is 18.3 Å². The highest BCUT2D eigenvalue weighted by molar-refractivity contribution is 7.99. The second kappa shape index (κ2) is 9.88. The summed E-state index contributed by atoms with van der Waals surface area (Å²) in [7, 11) is 0. The minimum Gasteiger partial charge on any atom is -0.339 e. The van der Waals surface area contributed by atoms with Crippen LogP contribution in [0.2, 0.25) is 0 Å². The van der Waals surface area contributed by atoms with Gasteiger partial charge in [-0.3, -0.25) is 9.55 Å². The van der Waals surface area contributed by atoms with Gasteiger partial charge in [-0.1, -0.05) is 53.3 Å². The zero-order valence-corrected chi connectivity index (χ0v) is 18.8. The number of pyridine rings is 1. The Hall–Kier alpha value is -3.30. The normalized spacial score (nSPS) is 11.1. The molecule has 7 nitrogen and oxygen atoms in total. The third kappa shape index (κ3) is 4.79. The molecule has 32 heavy (non-hydrogen) atoms. The molecule has 5 rings (SSSR count). The molecule has 0 bridgehead atoms. The third-order valence-corrected chi connectivity index (χ3v) is 6.71. The van der Waals surface area contributed by atoms with Gasteiger partial charge in [-0.15, -0.1) is 21.5 Å². The van der Waals surface area contributed by atoms with Gasteiger partial charge >= 0.3 is 0 Å². The van der Waals surface area contributed by atoms with E-state index < -0.39 is 0 Å². The van der Waals surface area contributed by atoms with Crippen LogP contribution in [-0.4, -0.2) is 35.6 Å². The Morgan fingerprint density at radius 3 is 2.75 bits per heavy atom. The molecule has 0 aliphatic heterocycles. The topological polar surface area (TPSA) is 82.5 Å². The lowest BCUT2D eigenvalue weighted by Gasteiger charge is -2.10. The number of thioether (sulfide) groups is 1. The van der Waals surface area contributed by atoms with Gasteiger partial charge in [-0.05, 0) is 35.6 Å². The summed E-state index contributed by atoms with van der Waals surface area (Å²) in [5.74, 6) is 3.01. The molecule has 0 aliphatic carbocycles. The summed E-state index contributed by atoms with van der Waals surface area (Å²) in [6, 6.07) is 18.2. The fourth-order valence-electron chi connectivity index (χ4n) is 3.26. The number of aromatic nitrogens is 6. The Bertz CT molecular complexity index is 1250. The van der Waals surface area contributed by atoms with E-state index in [2.05, 4.69) is 42.0 Å². The molecule has 9 heteroatoms. The Morgan fingerprint density at radius 1 is 1.00 bits per heavy atom. The van der Waals surface area contributed by atoms with Crippen LogP contribution >= 0.6 is 23.1 Å². The summed E-state index contributed by atoms with van der Waals surface area (Å²) in [6.45, 7) is 0.703. The first-order valence-corrected chi connectivity index (χ1v) is 12.1.